The van der Waals surface area contributed by atoms with Gasteiger partial charge in [-0.2, -0.15) is 4.68 Å². The fraction of sp³-hybridized carbons (Fsp3) is 0.125. The number of benzene rings is 2. The van der Waals surface area contributed by atoms with Crippen LogP contribution in [0.4, 0.5) is 5.69 Å². The van der Waals surface area contributed by atoms with E-state index in [-0.39, 0.29) is 19.4 Å². The second-order valence-corrected chi connectivity index (χ2v) is 4.94. The van der Waals surface area contributed by atoms with Crippen LogP contribution < -0.4 is 20.5 Å². The molecule has 7 nitrogen and oxygen atoms in total. The summed E-state index contributed by atoms with van der Waals surface area (Å²) in [5, 5.41) is 7.30. The highest BCUT2D eigenvalue weighted by Gasteiger charge is 2.17. The smallest absolute Gasteiger partial charge is 0.439 e. The number of para-hydroxylation sites is 1. The molecule has 23 heavy (non-hydrogen) atoms. The lowest BCUT2D eigenvalue weighted by molar-refractivity contribution is 0.174. The van der Waals surface area contributed by atoms with Crippen molar-refractivity contribution in [2.75, 3.05) is 12.1 Å². The Balaban J connectivity index is 1.56. The van der Waals surface area contributed by atoms with Crippen LogP contribution in [0.15, 0.2) is 57.7 Å². The maximum absolute atomic E-state index is 11.9. The van der Waals surface area contributed by atoms with Gasteiger partial charge in [-0.15, -0.1) is 5.10 Å². The maximum atomic E-state index is 11.9. The first-order valence-corrected chi connectivity index (χ1v) is 7.06. The van der Waals surface area contributed by atoms with Crippen LogP contribution in [0.3, 0.4) is 0 Å². The van der Waals surface area contributed by atoms with Gasteiger partial charge in [0.15, 0.2) is 11.5 Å². The van der Waals surface area contributed by atoms with E-state index in [2.05, 4.69) is 10.4 Å². The molecule has 1 N–H and O–H groups in total. The van der Waals surface area contributed by atoms with Crippen molar-refractivity contribution in [3.05, 3.63) is 59.1 Å². The van der Waals surface area contributed by atoms with Crippen molar-refractivity contribution in [1.29, 1.82) is 0 Å². The van der Waals surface area contributed by atoms with Crippen molar-refractivity contribution in [2.24, 2.45) is 0 Å². The molecular formula is C16H13N3O4. The third-order valence-corrected chi connectivity index (χ3v) is 3.43. The fourth-order valence-electron chi connectivity index (χ4n) is 2.27. The zero-order chi connectivity index (χ0) is 15.6. The number of nitrogens with zero attached hydrogens (tertiary/aromatic N) is 2. The minimum Gasteiger partial charge on any atom is -0.454 e. The molecule has 1 aliphatic rings. The highest BCUT2D eigenvalue weighted by atomic mass is 16.7. The third kappa shape index (κ3) is 2.64. The number of hydrogen-bond acceptors (Lipinski definition) is 6. The monoisotopic (exact) mass is 311 g/mol. The van der Waals surface area contributed by atoms with E-state index in [1.165, 1.54) is 4.68 Å². The number of ether oxygens (including phenoxy) is 2. The van der Waals surface area contributed by atoms with Gasteiger partial charge in [0.1, 0.15) is 6.67 Å². The van der Waals surface area contributed by atoms with E-state index in [0.717, 1.165) is 5.69 Å². The maximum Gasteiger partial charge on any atom is 0.439 e. The summed E-state index contributed by atoms with van der Waals surface area (Å²) in [5.41, 5.74) is 1.55. The summed E-state index contributed by atoms with van der Waals surface area (Å²) in [5.74, 6) is 0.993. The summed E-state index contributed by atoms with van der Waals surface area (Å²) >= 11 is 0. The van der Waals surface area contributed by atoms with Crippen molar-refractivity contribution in [2.45, 2.75) is 6.67 Å². The van der Waals surface area contributed by atoms with Crippen molar-refractivity contribution in [1.82, 2.24) is 9.78 Å². The predicted octanol–water partition coefficient (Wildman–Crippen LogP) is 2.30. The van der Waals surface area contributed by atoms with Gasteiger partial charge in [-0.25, -0.2) is 4.79 Å². The molecule has 1 aliphatic heterocycles. The molecule has 2 aromatic carbocycles. The van der Waals surface area contributed by atoms with E-state index in [4.69, 9.17) is 13.9 Å². The van der Waals surface area contributed by atoms with Crippen LogP contribution in [0.25, 0.3) is 11.5 Å². The van der Waals surface area contributed by atoms with Gasteiger partial charge < -0.3 is 19.2 Å². The van der Waals surface area contributed by atoms with Gasteiger partial charge in [0.05, 0.1) is 0 Å². The van der Waals surface area contributed by atoms with Gasteiger partial charge >= 0.3 is 5.76 Å². The number of aromatic nitrogens is 2. The quantitative estimate of drug-likeness (QED) is 0.796. The second-order valence-electron chi connectivity index (χ2n) is 4.94. The first-order valence-electron chi connectivity index (χ1n) is 7.06. The Morgan fingerprint density at radius 1 is 1.09 bits per heavy atom. The number of fused-ring (bicyclic) bond motifs is 1. The Bertz CT molecular complexity index is 886. The Morgan fingerprint density at radius 3 is 2.78 bits per heavy atom. The van der Waals surface area contributed by atoms with Crippen molar-refractivity contribution in [3.8, 4) is 23.0 Å². The molecule has 2 heterocycles. The number of rotatable bonds is 4. The summed E-state index contributed by atoms with van der Waals surface area (Å²) in [6.45, 7) is 0.412. The molecule has 0 saturated heterocycles. The van der Waals surface area contributed by atoms with Crippen LogP contribution in [0.1, 0.15) is 0 Å². The highest BCUT2D eigenvalue weighted by Crippen LogP contribution is 2.35. The molecule has 1 aromatic heterocycles. The number of anilines is 1. The zero-order valence-electron chi connectivity index (χ0n) is 12.1. The van der Waals surface area contributed by atoms with Crippen LogP contribution in [0, 0.1) is 0 Å². The molecular weight excluding hydrogens is 298 g/mol. The average Bonchev–Trinajstić information content (AvgIpc) is 3.19. The lowest BCUT2D eigenvalue weighted by Crippen LogP contribution is -2.20. The molecule has 0 bridgehead atoms. The normalized spacial score (nSPS) is 12.3. The van der Waals surface area contributed by atoms with E-state index in [1.807, 2.05) is 30.3 Å². The van der Waals surface area contributed by atoms with Gasteiger partial charge in [0, 0.05) is 11.3 Å². The Kier molecular flexibility index (Phi) is 3.23. The zero-order valence-corrected chi connectivity index (χ0v) is 12.1. The Hall–Kier alpha value is -3.22. The topological polar surface area (TPSA) is 78.5 Å². The first-order chi connectivity index (χ1) is 11.3. The molecule has 0 atom stereocenters. The number of nitrogens with one attached hydrogen (secondary N) is 1. The molecule has 0 amide bonds. The van der Waals surface area contributed by atoms with Gasteiger partial charge in [-0.05, 0) is 30.3 Å². The Labute approximate surface area is 131 Å². The van der Waals surface area contributed by atoms with E-state index in [9.17, 15) is 4.79 Å². The van der Waals surface area contributed by atoms with Crippen LogP contribution in [-0.4, -0.2) is 16.6 Å². The van der Waals surface area contributed by atoms with Crippen LogP contribution in [0.2, 0.25) is 0 Å². The van der Waals surface area contributed by atoms with E-state index in [1.54, 1.807) is 18.2 Å². The third-order valence-electron chi connectivity index (χ3n) is 3.43. The van der Waals surface area contributed by atoms with Crippen molar-refractivity contribution < 1.29 is 13.9 Å². The summed E-state index contributed by atoms with van der Waals surface area (Å²) in [7, 11) is 0. The molecule has 0 fully saturated rings. The summed E-state index contributed by atoms with van der Waals surface area (Å²) in [4.78, 5) is 11.9. The molecule has 0 radical (unpaired) electrons. The fourth-order valence-corrected chi connectivity index (χ4v) is 2.27. The average molecular weight is 311 g/mol. The van der Waals surface area contributed by atoms with Gasteiger partial charge in [-0.1, -0.05) is 18.2 Å². The highest BCUT2D eigenvalue weighted by molar-refractivity contribution is 5.60. The predicted molar refractivity (Wildman–Crippen MR) is 82.4 cm³/mol. The molecule has 7 heteroatoms. The molecule has 0 unspecified atom stereocenters. The van der Waals surface area contributed by atoms with Crippen molar-refractivity contribution in [3.63, 3.8) is 0 Å². The molecule has 0 spiro atoms. The molecule has 0 saturated carbocycles. The van der Waals surface area contributed by atoms with Gasteiger partial charge in [0.25, 0.3) is 0 Å². The standard InChI is InChI=1S/C16H13N3O4/c20-16-19(9-17-12-4-2-1-3-5-12)18-15(23-16)11-6-7-13-14(8-11)22-10-21-13/h1-8,17H,9-10H2. The first kappa shape index (κ1) is 13.4. The minimum absolute atomic E-state index is 0.193. The van der Waals surface area contributed by atoms with Gasteiger partial charge in [0.2, 0.25) is 12.7 Å². The summed E-state index contributed by atoms with van der Waals surface area (Å²) < 4.78 is 17.0. The summed E-state index contributed by atoms with van der Waals surface area (Å²) in [6.07, 6.45) is 0. The van der Waals surface area contributed by atoms with Crippen LogP contribution in [-0.2, 0) is 6.67 Å². The van der Waals surface area contributed by atoms with Crippen LogP contribution >= 0.6 is 0 Å². The van der Waals surface area contributed by atoms with E-state index in [0.29, 0.717) is 17.1 Å². The SMILES string of the molecule is O=c1oc(-c2ccc3c(c2)OCO3)nn1CNc1ccccc1. The minimum atomic E-state index is -0.527. The van der Waals surface area contributed by atoms with Crippen LogP contribution in [0.5, 0.6) is 11.5 Å². The van der Waals surface area contributed by atoms with E-state index < -0.39 is 5.76 Å². The Morgan fingerprint density at radius 2 is 1.91 bits per heavy atom. The molecule has 0 aliphatic carbocycles. The molecule has 116 valence electrons. The summed E-state index contributed by atoms with van der Waals surface area (Å²) in [6, 6.07) is 14.8. The lowest BCUT2D eigenvalue weighted by Gasteiger charge is -2.03. The largest absolute Gasteiger partial charge is 0.454 e. The number of hydrogen-bond donors (Lipinski definition) is 1. The van der Waals surface area contributed by atoms with Gasteiger partial charge in [-0.3, -0.25) is 0 Å². The van der Waals surface area contributed by atoms with E-state index >= 15 is 0 Å². The molecule has 3 aromatic rings. The second kappa shape index (κ2) is 5.53. The van der Waals surface area contributed by atoms with Crippen molar-refractivity contribution >= 4 is 5.69 Å². The lowest BCUT2D eigenvalue weighted by atomic mass is 10.2. The molecule has 4 rings (SSSR count).